The summed E-state index contributed by atoms with van der Waals surface area (Å²) < 4.78 is 0. The van der Waals surface area contributed by atoms with Crippen LogP contribution in [0, 0.1) is 5.41 Å². The molecule has 0 saturated carbocycles. The first-order chi connectivity index (χ1) is 10.5. The van der Waals surface area contributed by atoms with Crippen LogP contribution in [0.2, 0.25) is 0 Å². The van der Waals surface area contributed by atoms with Crippen LogP contribution in [0.25, 0.3) is 10.9 Å². The predicted octanol–water partition coefficient (Wildman–Crippen LogP) is 3.81. The number of hydrogen-bond donors (Lipinski definition) is 2. The van der Waals surface area contributed by atoms with Crippen molar-refractivity contribution in [2.45, 2.75) is 19.8 Å². The first-order valence-corrected chi connectivity index (χ1v) is 7.21. The number of nitrogens with one attached hydrogen (secondary N) is 1. The number of aliphatic carboxylic acids is 1. The summed E-state index contributed by atoms with van der Waals surface area (Å²) in [5.41, 5.74) is 2.01. The molecule has 1 aromatic heterocycles. The predicted molar refractivity (Wildman–Crippen MR) is 85.8 cm³/mol. The second-order valence-corrected chi connectivity index (χ2v) is 6.09. The Morgan fingerprint density at radius 2 is 1.86 bits per heavy atom. The van der Waals surface area contributed by atoms with Gasteiger partial charge < -0.3 is 5.11 Å². The van der Waals surface area contributed by atoms with E-state index in [1.165, 1.54) is 0 Å². The second kappa shape index (κ2) is 5.30. The monoisotopic (exact) mass is 294 g/mol. The van der Waals surface area contributed by atoms with Crippen molar-refractivity contribution in [1.82, 2.24) is 10.2 Å². The molecule has 0 aliphatic rings. The molecule has 0 unspecified atom stereocenters. The highest BCUT2D eigenvalue weighted by atomic mass is 16.4. The first-order valence-electron chi connectivity index (χ1n) is 7.21. The Labute approximate surface area is 128 Å². The number of carboxylic acid groups (broad SMARTS) is 1. The number of carboxylic acids is 1. The van der Waals surface area contributed by atoms with Crippen LogP contribution in [0.15, 0.2) is 54.7 Å². The van der Waals surface area contributed by atoms with E-state index < -0.39 is 11.4 Å². The van der Waals surface area contributed by atoms with Crippen molar-refractivity contribution >= 4 is 16.9 Å². The van der Waals surface area contributed by atoms with Gasteiger partial charge >= 0.3 is 5.97 Å². The van der Waals surface area contributed by atoms with Gasteiger partial charge in [0.25, 0.3) is 0 Å². The number of rotatable bonds is 4. The molecule has 1 heterocycles. The van der Waals surface area contributed by atoms with E-state index in [1.54, 1.807) is 20.0 Å². The van der Waals surface area contributed by atoms with Crippen LogP contribution >= 0.6 is 0 Å². The highest BCUT2D eigenvalue weighted by Crippen LogP contribution is 2.41. The normalized spacial score (nSPS) is 13.2. The molecule has 0 radical (unpaired) electrons. The Morgan fingerprint density at radius 3 is 2.55 bits per heavy atom. The van der Waals surface area contributed by atoms with Gasteiger partial charge in [-0.25, -0.2) is 0 Å². The number of aromatic nitrogens is 2. The van der Waals surface area contributed by atoms with E-state index in [2.05, 4.69) is 10.2 Å². The van der Waals surface area contributed by atoms with Crippen LogP contribution in [-0.2, 0) is 4.79 Å². The standard InChI is InChI=1S/C18H18N2O2/c1-18(2,17(21)22)16(12-6-4-3-5-7-12)13-8-9-15-14(10-13)11-19-20-15/h3-11,16H,1-2H3,(H,19,20)(H,21,22)/t16-/m1/s1. The molecule has 3 aromatic rings. The summed E-state index contributed by atoms with van der Waals surface area (Å²) in [4.78, 5) is 11.8. The number of fused-ring (bicyclic) bond motifs is 1. The van der Waals surface area contributed by atoms with Crippen LogP contribution in [0.1, 0.15) is 30.9 Å². The molecule has 0 aliphatic carbocycles. The van der Waals surface area contributed by atoms with Gasteiger partial charge in [-0.1, -0.05) is 36.4 Å². The molecule has 0 fully saturated rings. The Bertz CT molecular complexity index is 806. The lowest BCUT2D eigenvalue weighted by Gasteiger charge is -2.31. The average Bonchev–Trinajstić information content (AvgIpc) is 2.96. The van der Waals surface area contributed by atoms with Crippen LogP contribution in [0.4, 0.5) is 0 Å². The maximum absolute atomic E-state index is 11.8. The number of hydrogen-bond acceptors (Lipinski definition) is 2. The summed E-state index contributed by atoms with van der Waals surface area (Å²) in [5.74, 6) is -1.04. The summed E-state index contributed by atoms with van der Waals surface area (Å²) in [6.07, 6.45) is 1.76. The summed E-state index contributed by atoms with van der Waals surface area (Å²) in [5, 5.41) is 17.6. The third-order valence-electron chi connectivity index (χ3n) is 4.20. The number of aromatic amines is 1. The average molecular weight is 294 g/mol. The van der Waals surface area contributed by atoms with Gasteiger partial charge in [-0.2, -0.15) is 5.10 Å². The molecule has 4 nitrogen and oxygen atoms in total. The van der Waals surface area contributed by atoms with Crippen molar-refractivity contribution in [1.29, 1.82) is 0 Å². The molecular weight excluding hydrogens is 276 g/mol. The molecular formula is C18H18N2O2. The maximum Gasteiger partial charge on any atom is 0.310 e. The fraction of sp³-hybridized carbons (Fsp3) is 0.222. The Kier molecular flexibility index (Phi) is 3.45. The minimum absolute atomic E-state index is 0.231. The van der Waals surface area contributed by atoms with Crippen molar-refractivity contribution in [3.63, 3.8) is 0 Å². The van der Waals surface area contributed by atoms with E-state index in [0.29, 0.717) is 0 Å². The fourth-order valence-electron chi connectivity index (χ4n) is 2.94. The van der Waals surface area contributed by atoms with Crippen molar-refractivity contribution < 1.29 is 9.90 Å². The number of nitrogens with zero attached hydrogens (tertiary/aromatic N) is 1. The topological polar surface area (TPSA) is 66.0 Å². The van der Waals surface area contributed by atoms with E-state index in [-0.39, 0.29) is 5.92 Å². The third kappa shape index (κ3) is 2.37. The van der Waals surface area contributed by atoms with Crippen molar-refractivity contribution in [2.75, 3.05) is 0 Å². The van der Waals surface area contributed by atoms with E-state index in [1.807, 2.05) is 48.5 Å². The van der Waals surface area contributed by atoms with E-state index in [4.69, 9.17) is 0 Å². The van der Waals surface area contributed by atoms with E-state index >= 15 is 0 Å². The molecule has 1 atom stereocenters. The fourth-order valence-corrected chi connectivity index (χ4v) is 2.94. The lowest BCUT2D eigenvalue weighted by atomic mass is 9.71. The molecule has 2 N–H and O–H groups in total. The lowest BCUT2D eigenvalue weighted by Crippen LogP contribution is -2.32. The Balaban J connectivity index is 2.18. The van der Waals surface area contributed by atoms with Gasteiger partial charge in [0.1, 0.15) is 0 Å². The molecule has 4 heteroatoms. The number of benzene rings is 2. The highest BCUT2D eigenvalue weighted by Gasteiger charge is 2.38. The number of carbonyl (C=O) groups is 1. The molecule has 0 spiro atoms. The molecule has 22 heavy (non-hydrogen) atoms. The third-order valence-corrected chi connectivity index (χ3v) is 4.20. The lowest BCUT2D eigenvalue weighted by molar-refractivity contribution is -0.147. The van der Waals surface area contributed by atoms with Gasteiger partial charge in [0.2, 0.25) is 0 Å². The van der Waals surface area contributed by atoms with Crippen molar-refractivity contribution in [2.24, 2.45) is 5.41 Å². The Morgan fingerprint density at radius 1 is 1.14 bits per heavy atom. The zero-order valence-corrected chi connectivity index (χ0v) is 12.6. The second-order valence-electron chi connectivity index (χ2n) is 6.09. The smallest absolute Gasteiger partial charge is 0.310 e. The molecule has 112 valence electrons. The van der Waals surface area contributed by atoms with Gasteiger partial charge in [0.15, 0.2) is 0 Å². The molecule has 0 amide bonds. The number of H-pyrrole nitrogens is 1. The zero-order valence-electron chi connectivity index (χ0n) is 12.6. The van der Waals surface area contributed by atoms with Gasteiger partial charge in [0, 0.05) is 11.3 Å². The molecule has 0 saturated heterocycles. The summed E-state index contributed by atoms with van der Waals surface area (Å²) in [6.45, 7) is 3.54. The van der Waals surface area contributed by atoms with Crippen LogP contribution in [0.5, 0.6) is 0 Å². The van der Waals surface area contributed by atoms with Crippen LogP contribution < -0.4 is 0 Å². The highest BCUT2D eigenvalue weighted by molar-refractivity contribution is 5.80. The SMILES string of the molecule is CC(C)(C(=O)O)[C@H](c1ccccc1)c1ccc2[nH]ncc2c1. The van der Waals surface area contributed by atoms with Crippen molar-refractivity contribution in [3.8, 4) is 0 Å². The molecule has 2 aromatic carbocycles. The summed E-state index contributed by atoms with van der Waals surface area (Å²) in [6, 6.07) is 15.7. The largest absolute Gasteiger partial charge is 0.481 e. The van der Waals surface area contributed by atoms with Gasteiger partial charge in [0.05, 0.1) is 17.1 Å². The molecule has 0 aliphatic heterocycles. The van der Waals surface area contributed by atoms with E-state index in [0.717, 1.165) is 22.0 Å². The first kappa shape index (κ1) is 14.3. The van der Waals surface area contributed by atoms with Crippen molar-refractivity contribution in [3.05, 3.63) is 65.9 Å². The molecule has 3 rings (SSSR count). The van der Waals surface area contributed by atoms with Gasteiger partial charge in [-0.15, -0.1) is 0 Å². The van der Waals surface area contributed by atoms with Crippen LogP contribution in [-0.4, -0.2) is 21.3 Å². The van der Waals surface area contributed by atoms with Crippen LogP contribution in [0.3, 0.4) is 0 Å². The summed E-state index contributed by atoms with van der Waals surface area (Å²) in [7, 11) is 0. The zero-order chi connectivity index (χ0) is 15.7. The quantitative estimate of drug-likeness (QED) is 0.769. The summed E-state index contributed by atoms with van der Waals surface area (Å²) >= 11 is 0. The maximum atomic E-state index is 11.8. The Hall–Kier alpha value is -2.62. The minimum atomic E-state index is -0.918. The molecule has 0 bridgehead atoms. The van der Waals surface area contributed by atoms with Gasteiger partial charge in [-0.3, -0.25) is 9.89 Å². The van der Waals surface area contributed by atoms with E-state index in [9.17, 15) is 9.90 Å². The van der Waals surface area contributed by atoms with Gasteiger partial charge in [-0.05, 0) is 37.1 Å². The minimum Gasteiger partial charge on any atom is -0.481 e.